The van der Waals surface area contributed by atoms with Gasteiger partial charge in [0.05, 0.1) is 26.3 Å². The minimum absolute atomic E-state index is 0.00270. The molecule has 0 radical (unpaired) electrons. The second-order valence-electron chi connectivity index (χ2n) is 8.56. The van der Waals surface area contributed by atoms with Gasteiger partial charge in [0.15, 0.2) is 0 Å². The number of hydrazone groups is 1. The largest absolute Gasteiger partial charge is 0.322 e. The molecule has 0 aromatic heterocycles. The molecular weight excluding hydrogens is 571 g/mol. The van der Waals surface area contributed by atoms with Crippen LogP contribution in [0.5, 0.6) is 0 Å². The number of rotatable bonds is 9. The molecule has 0 fully saturated rings. The van der Waals surface area contributed by atoms with Gasteiger partial charge in [0, 0.05) is 11.3 Å². The van der Waals surface area contributed by atoms with Crippen molar-refractivity contribution in [1.29, 1.82) is 0 Å². The molecule has 40 heavy (non-hydrogen) atoms. The molecule has 0 atom stereocenters. The van der Waals surface area contributed by atoms with Gasteiger partial charge >= 0.3 is 0 Å². The first-order valence-corrected chi connectivity index (χ1v) is 14.2. The lowest BCUT2D eigenvalue weighted by Crippen LogP contribution is -2.39. The molecule has 0 bridgehead atoms. The van der Waals surface area contributed by atoms with Gasteiger partial charge in [0.25, 0.3) is 21.8 Å². The molecule has 4 aromatic carbocycles. The van der Waals surface area contributed by atoms with Crippen LogP contribution in [0.1, 0.15) is 22.8 Å². The summed E-state index contributed by atoms with van der Waals surface area (Å²) < 4.78 is 27.8. The van der Waals surface area contributed by atoms with Crippen molar-refractivity contribution in [2.75, 3.05) is 16.2 Å². The Bertz CT molecular complexity index is 1660. The lowest BCUT2D eigenvalue weighted by Gasteiger charge is -2.24. The van der Waals surface area contributed by atoms with Gasteiger partial charge in [0.2, 0.25) is 0 Å². The summed E-state index contributed by atoms with van der Waals surface area (Å²) in [5, 5.41) is 7.35. The van der Waals surface area contributed by atoms with Gasteiger partial charge in [-0.3, -0.25) is 13.9 Å². The predicted molar refractivity (Wildman–Crippen MR) is 159 cm³/mol. The van der Waals surface area contributed by atoms with E-state index in [9.17, 15) is 18.0 Å². The van der Waals surface area contributed by atoms with Crippen LogP contribution in [0, 0.1) is 0 Å². The van der Waals surface area contributed by atoms with Crippen molar-refractivity contribution >= 4 is 62.1 Å². The molecule has 0 aliphatic carbocycles. The van der Waals surface area contributed by atoms with Crippen LogP contribution in [-0.2, 0) is 14.8 Å². The SMILES string of the molecule is C/C(=N/NC(=O)CN(c1ccc(Cl)c(Cl)c1)S(=O)(=O)c1ccccc1)c1cccc(NC(=O)c2ccccc2)c1. The number of carbonyl (C=O) groups excluding carboxylic acids is 2. The summed E-state index contributed by atoms with van der Waals surface area (Å²) in [4.78, 5) is 25.4. The summed E-state index contributed by atoms with van der Waals surface area (Å²) in [6, 6.07) is 27.8. The first-order chi connectivity index (χ1) is 19.1. The highest BCUT2D eigenvalue weighted by Gasteiger charge is 2.27. The van der Waals surface area contributed by atoms with Crippen molar-refractivity contribution in [2.45, 2.75) is 11.8 Å². The van der Waals surface area contributed by atoms with Crippen LogP contribution in [-0.4, -0.2) is 32.5 Å². The minimum Gasteiger partial charge on any atom is -0.322 e. The first kappa shape index (κ1) is 28.8. The normalized spacial score (nSPS) is 11.5. The molecule has 0 unspecified atom stereocenters. The fourth-order valence-electron chi connectivity index (χ4n) is 3.67. The van der Waals surface area contributed by atoms with E-state index >= 15 is 0 Å². The smallest absolute Gasteiger partial charge is 0.264 e. The third kappa shape index (κ3) is 7.06. The van der Waals surface area contributed by atoms with E-state index in [0.717, 1.165) is 4.31 Å². The Labute approximate surface area is 242 Å². The van der Waals surface area contributed by atoms with E-state index < -0.39 is 22.5 Å². The standard InChI is InChI=1S/C29H24Cl2N4O4S/c1-20(22-11-8-12-23(17-22)32-29(37)21-9-4-2-5-10-21)33-34-28(36)19-35(24-15-16-26(30)27(31)18-24)40(38,39)25-13-6-3-7-14-25/h2-18H,19H2,1H3,(H,32,37)(H,34,36)/b33-20-. The predicted octanol–water partition coefficient (Wildman–Crippen LogP) is 5.98. The van der Waals surface area contributed by atoms with Gasteiger partial charge in [-0.05, 0) is 67.1 Å². The van der Waals surface area contributed by atoms with E-state index in [4.69, 9.17) is 23.2 Å². The average Bonchev–Trinajstić information content (AvgIpc) is 2.97. The maximum Gasteiger partial charge on any atom is 0.264 e. The summed E-state index contributed by atoms with van der Waals surface area (Å²) in [7, 11) is -4.13. The van der Waals surface area contributed by atoms with Gasteiger partial charge < -0.3 is 5.32 Å². The summed E-state index contributed by atoms with van der Waals surface area (Å²) in [5.41, 5.74) is 4.72. The third-order valence-electron chi connectivity index (χ3n) is 5.73. The van der Waals surface area contributed by atoms with Crippen LogP contribution in [0.2, 0.25) is 10.0 Å². The zero-order chi connectivity index (χ0) is 28.7. The van der Waals surface area contributed by atoms with Crippen molar-refractivity contribution in [2.24, 2.45) is 5.10 Å². The second-order valence-corrected chi connectivity index (χ2v) is 11.2. The molecule has 0 saturated carbocycles. The van der Waals surface area contributed by atoms with Crippen molar-refractivity contribution in [1.82, 2.24) is 5.43 Å². The molecule has 2 amide bonds. The maximum absolute atomic E-state index is 13.5. The first-order valence-electron chi connectivity index (χ1n) is 12.0. The van der Waals surface area contributed by atoms with Crippen LogP contribution in [0.25, 0.3) is 0 Å². The fourth-order valence-corrected chi connectivity index (χ4v) is 5.39. The van der Waals surface area contributed by atoms with Crippen molar-refractivity contribution in [3.63, 3.8) is 0 Å². The van der Waals surface area contributed by atoms with E-state index in [-0.39, 0.29) is 26.5 Å². The van der Waals surface area contributed by atoms with Crippen LogP contribution in [0.3, 0.4) is 0 Å². The highest BCUT2D eigenvalue weighted by Crippen LogP contribution is 2.30. The Morgan fingerprint density at radius 1 is 0.800 bits per heavy atom. The second kappa shape index (κ2) is 12.8. The number of hydrogen-bond donors (Lipinski definition) is 2. The van der Waals surface area contributed by atoms with E-state index in [2.05, 4.69) is 15.8 Å². The topological polar surface area (TPSA) is 108 Å². The fraction of sp³-hybridized carbons (Fsp3) is 0.0690. The van der Waals surface area contributed by atoms with Crippen LogP contribution in [0.4, 0.5) is 11.4 Å². The van der Waals surface area contributed by atoms with Crippen LogP contribution < -0.4 is 15.0 Å². The minimum atomic E-state index is -4.13. The lowest BCUT2D eigenvalue weighted by atomic mass is 10.1. The molecule has 4 aromatic rings. The molecule has 4 rings (SSSR count). The number of carbonyl (C=O) groups is 2. The molecule has 8 nitrogen and oxygen atoms in total. The monoisotopic (exact) mass is 594 g/mol. The summed E-state index contributed by atoms with van der Waals surface area (Å²) in [5.74, 6) is -0.943. The molecular formula is C29H24Cl2N4O4S. The number of anilines is 2. The number of sulfonamides is 1. The van der Waals surface area contributed by atoms with Gasteiger partial charge in [-0.2, -0.15) is 5.10 Å². The van der Waals surface area contributed by atoms with Gasteiger partial charge in [0.1, 0.15) is 6.54 Å². The van der Waals surface area contributed by atoms with Gasteiger partial charge in [-0.1, -0.05) is 71.7 Å². The van der Waals surface area contributed by atoms with Gasteiger partial charge in [-0.15, -0.1) is 0 Å². The quantitative estimate of drug-likeness (QED) is 0.183. The van der Waals surface area contributed by atoms with E-state index in [1.807, 2.05) is 6.07 Å². The van der Waals surface area contributed by atoms with Crippen molar-refractivity contribution in [3.8, 4) is 0 Å². The van der Waals surface area contributed by atoms with Gasteiger partial charge in [-0.25, -0.2) is 13.8 Å². The number of amides is 2. The Morgan fingerprint density at radius 3 is 2.12 bits per heavy atom. The molecule has 2 N–H and O–H groups in total. The Kier molecular flexibility index (Phi) is 9.21. The summed E-state index contributed by atoms with van der Waals surface area (Å²) >= 11 is 12.2. The maximum atomic E-state index is 13.5. The highest BCUT2D eigenvalue weighted by molar-refractivity contribution is 7.92. The average molecular weight is 596 g/mol. The Balaban J connectivity index is 1.51. The number of halogens is 2. The zero-order valence-electron chi connectivity index (χ0n) is 21.2. The number of nitrogens with one attached hydrogen (secondary N) is 2. The van der Waals surface area contributed by atoms with Crippen molar-refractivity contribution in [3.05, 3.63) is 124 Å². The lowest BCUT2D eigenvalue weighted by molar-refractivity contribution is -0.119. The van der Waals surface area contributed by atoms with Crippen molar-refractivity contribution < 1.29 is 18.0 Å². The van der Waals surface area contributed by atoms with E-state index in [1.54, 1.807) is 73.7 Å². The number of nitrogens with zero attached hydrogens (tertiary/aromatic N) is 2. The molecule has 0 aliphatic rings. The summed E-state index contributed by atoms with van der Waals surface area (Å²) in [6.45, 7) is 1.11. The zero-order valence-corrected chi connectivity index (χ0v) is 23.5. The summed E-state index contributed by atoms with van der Waals surface area (Å²) in [6.07, 6.45) is 0. The molecule has 0 spiro atoms. The number of benzene rings is 4. The van der Waals surface area contributed by atoms with E-state index in [1.165, 1.54) is 30.3 Å². The molecule has 11 heteroatoms. The highest BCUT2D eigenvalue weighted by atomic mass is 35.5. The molecule has 0 saturated heterocycles. The Hall–Kier alpha value is -4.18. The molecule has 204 valence electrons. The van der Waals surface area contributed by atoms with E-state index in [0.29, 0.717) is 22.5 Å². The number of hydrogen-bond acceptors (Lipinski definition) is 5. The van der Waals surface area contributed by atoms with Crippen LogP contribution >= 0.6 is 23.2 Å². The van der Waals surface area contributed by atoms with Crippen LogP contribution in [0.15, 0.2) is 113 Å². The molecule has 0 heterocycles. The Morgan fingerprint density at radius 2 is 1.45 bits per heavy atom. The molecule has 0 aliphatic heterocycles. The third-order valence-corrected chi connectivity index (χ3v) is 8.26.